The molecule has 0 saturated heterocycles. The lowest BCUT2D eigenvalue weighted by Gasteiger charge is -2.09. The molecule has 0 fully saturated rings. The Morgan fingerprint density at radius 1 is 1.14 bits per heavy atom. The minimum absolute atomic E-state index is 0.0733. The molecule has 3 aromatic rings. The van der Waals surface area contributed by atoms with Gasteiger partial charge in [-0.3, -0.25) is 9.20 Å². The Hall–Kier alpha value is -2.67. The van der Waals surface area contributed by atoms with E-state index in [1.165, 1.54) is 6.07 Å². The van der Waals surface area contributed by atoms with Crippen LogP contribution in [0.1, 0.15) is 10.6 Å². The number of imidazole rings is 1. The van der Waals surface area contributed by atoms with Gasteiger partial charge in [0, 0.05) is 12.5 Å². The van der Waals surface area contributed by atoms with Crippen LogP contribution in [0.15, 0.2) is 59.8 Å². The van der Waals surface area contributed by atoms with Gasteiger partial charge in [-0.1, -0.05) is 18.2 Å². The third-order valence-electron chi connectivity index (χ3n) is 3.18. The van der Waals surface area contributed by atoms with Gasteiger partial charge in [0.25, 0.3) is 5.91 Å². The topological polar surface area (TPSA) is 80.5 Å². The molecule has 112 valence electrons. The highest BCUT2D eigenvalue weighted by atomic mass is 32.2. The first-order valence-corrected chi connectivity index (χ1v) is 8.38. The molecular formula is C15H13N3O3S. The predicted molar refractivity (Wildman–Crippen MR) is 82.7 cm³/mol. The molecule has 1 amide bonds. The highest BCUT2D eigenvalue weighted by molar-refractivity contribution is 7.90. The van der Waals surface area contributed by atoms with Crippen molar-refractivity contribution in [3.63, 3.8) is 0 Å². The molecule has 6 nitrogen and oxygen atoms in total. The van der Waals surface area contributed by atoms with E-state index in [1.54, 1.807) is 41.1 Å². The lowest BCUT2D eigenvalue weighted by Crippen LogP contribution is -2.17. The molecule has 0 aliphatic rings. The van der Waals surface area contributed by atoms with Crippen molar-refractivity contribution in [2.24, 2.45) is 0 Å². The van der Waals surface area contributed by atoms with Gasteiger partial charge in [-0.2, -0.15) is 0 Å². The Morgan fingerprint density at radius 2 is 1.86 bits per heavy atom. The first-order valence-electron chi connectivity index (χ1n) is 6.49. The van der Waals surface area contributed by atoms with E-state index in [2.05, 4.69) is 10.3 Å². The van der Waals surface area contributed by atoms with Crippen LogP contribution in [0, 0.1) is 0 Å². The van der Waals surface area contributed by atoms with Crippen molar-refractivity contribution < 1.29 is 13.2 Å². The fraction of sp³-hybridized carbons (Fsp3) is 0.0667. The summed E-state index contributed by atoms with van der Waals surface area (Å²) >= 11 is 0. The van der Waals surface area contributed by atoms with E-state index in [-0.39, 0.29) is 16.4 Å². The molecule has 2 heterocycles. The van der Waals surface area contributed by atoms with E-state index in [4.69, 9.17) is 0 Å². The number of carbonyl (C=O) groups excluding carboxylic acids is 1. The number of carbonyl (C=O) groups is 1. The van der Waals surface area contributed by atoms with Gasteiger partial charge in [0.1, 0.15) is 0 Å². The molecule has 0 atom stereocenters. The summed E-state index contributed by atoms with van der Waals surface area (Å²) in [4.78, 5) is 16.5. The molecule has 0 bridgehead atoms. The zero-order valence-electron chi connectivity index (χ0n) is 11.7. The summed E-state index contributed by atoms with van der Waals surface area (Å²) in [5.41, 5.74) is 1.02. The Morgan fingerprint density at radius 3 is 2.64 bits per heavy atom. The summed E-state index contributed by atoms with van der Waals surface area (Å²) in [7, 11) is -3.43. The second-order valence-electron chi connectivity index (χ2n) is 4.80. The Balaban J connectivity index is 1.99. The second kappa shape index (κ2) is 5.27. The number of para-hydroxylation sites is 1. The normalized spacial score (nSPS) is 11.5. The van der Waals surface area contributed by atoms with E-state index in [0.717, 1.165) is 11.8 Å². The summed E-state index contributed by atoms with van der Waals surface area (Å²) in [6, 6.07) is 11.7. The van der Waals surface area contributed by atoms with Crippen LogP contribution in [0.5, 0.6) is 0 Å². The van der Waals surface area contributed by atoms with Crippen LogP contribution in [0.4, 0.5) is 5.69 Å². The number of sulfone groups is 1. The standard InChI is InChI=1S/C15H13N3O3S/c1-22(20,21)13-8-3-2-7-12(13)17-15(19)14-16-10-11-6-4-5-9-18(11)14/h2-10H,1H3,(H,17,19). The van der Waals surface area contributed by atoms with E-state index < -0.39 is 15.7 Å². The number of rotatable bonds is 3. The van der Waals surface area contributed by atoms with Crippen LogP contribution >= 0.6 is 0 Å². The summed E-state index contributed by atoms with van der Waals surface area (Å²) < 4.78 is 25.2. The van der Waals surface area contributed by atoms with E-state index in [1.807, 2.05) is 12.1 Å². The lowest BCUT2D eigenvalue weighted by molar-refractivity contribution is 0.101. The number of nitrogens with zero attached hydrogens (tertiary/aromatic N) is 2. The molecule has 22 heavy (non-hydrogen) atoms. The highest BCUT2D eigenvalue weighted by Gasteiger charge is 2.17. The van der Waals surface area contributed by atoms with Crippen LogP contribution in [-0.2, 0) is 9.84 Å². The van der Waals surface area contributed by atoms with Gasteiger partial charge in [-0.05, 0) is 24.3 Å². The van der Waals surface area contributed by atoms with E-state index in [0.29, 0.717) is 0 Å². The molecule has 0 radical (unpaired) electrons. The van der Waals surface area contributed by atoms with Crippen LogP contribution < -0.4 is 5.32 Å². The largest absolute Gasteiger partial charge is 0.318 e. The molecule has 0 spiro atoms. The zero-order chi connectivity index (χ0) is 15.7. The second-order valence-corrected chi connectivity index (χ2v) is 6.78. The maximum absolute atomic E-state index is 12.4. The van der Waals surface area contributed by atoms with Gasteiger partial charge in [-0.25, -0.2) is 13.4 Å². The Labute approximate surface area is 127 Å². The van der Waals surface area contributed by atoms with Gasteiger partial charge in [0.2, 0.25) is 5.82 Å². The number of anilines is 1. The number of amides is 1. The van der Waals surface area contributed by atoms with Crippen LogP contribution in [0.25, 0.3) is 5.52 Å². The van der Waals surface area contributed by atoms with Crippen molar-refractivity contribution in [3.05, 3.63) is 60.7 Å². The van der Waals surface area contributed by atoms with Crippen molar-refractivity contribution >= 4 is 26.9 Å². The number of hydrogen-bond acceptors (Lipinski definition) is 4. The number of pyridine rings is 1. The molecular weight excluding hydrogens is 302 g/mol. The van der Waals surface area contributed by atoms with Crippen molar-refractivity contribution in [2.45, 2.75) is 4.90 Å². The molecule has 3 rings (SSSR count). The lowest BCUT2D eigenvalue weighted by atomic mass is 10.3. The molecule has 0 saturated carbocycles. The number of aromatic nitrogens is 2. The first-order chi connectivity index (χ1) is 10.5. The first kappa shape index (κ1) is 14.3. The Bertz CT molecular complexity index is 961. The summed E-state index contributed by atoms with van der Waals surface area (Å²) in [5, 5.41) is 2.61. The van der Waals surface area contributed by atoms with E-state index >= 15 is 0 Å². The third kappa shape index (κ3) is 2.58. The van der Waals surface area contributed by atoms with Gasteiger partial charge in [-0.15, -0.1) is 0 Å². The van der Waals surface area contributed by atoms with Crippen molar-refractivity contribution in [2.75, 3.05) is 11.6 Å². The van der Waals surface area contributed by atoms with Gasteiger partial charge in [0.05, 0.1) is 22.3 Å². The summed E-state index contributed by atoms with van der Waals surface area (Å²) in [6.45, 7) is 0. The van der Waals surface area contributed by atoms with Crippen LogP contribution in [0.3, 0.4) is 0 Å². The maximum atomic E-state index is 12.4. The number of nitrogens with one attached hydrogen (secondary N) is 1. The van der Waals surface area contributed by atoms with Crippen molar-refractivity contribution in [3.8, 4) is 0 Å². The fourth-order valence-corrected chi connectivity index (χ4v) is 3.03. The quantitative estimate of drug-likeness (QED) is 0.801. The smallest absolute Gasteiger partial charge is 0.292 e. The maximum Gasteiger partial charge on any atom is 0.292 e. The van der Waals surface area contributed by atoms with Crippen molar-refractivity contribution in [1.29, 1.82) is 0 Å². The number of hydrogen-bond donors (Lipinski definition) is 1. The van der Waals surface area contributed by atoms with Crippen molar-refractivity contribution in [1.82, 2.24) is 9.38 Å². The summed E-state index contributed by atoms with van der Waals surface area (Å²) in [5.74, 6) is -0.277. The van der Waals surface area contributed by atoms with Crippen LogP contribution in [-0.4, -0.2) is 30.0 Å². The predicted octanol–water partition coefficient (Wildman–Crippen LogP) is 1.99. The third-order valence-corrected chi connectivity index (χ3v) is 4.33. The molecule has 7 heteroatoms. The fourth-order valence-electron chi connectivity index (χ4n) is 2.18. The molecule has 2 aromatic heterocycles. The number of benzene rings is 1. The molecule has 0 unspecified atom stereocenters. The monoisotopic (exact) mass is 315 g/mol. The highest BCUT2D eigenvalue weighted by Crippen LogP contribution is 2.21. The molecule has 1 aromatic carbocycles. The minimum atomic E-state index is -3.43. The van der Waals surface area contributed by atoms with E-state index in [9.17, 15) is 13.2 Å². The zero-order valence-corrected chi connectivity index (χ0v) is 12.5. The van der Waals surface area contributed by atoms with Gasteiger partial charge >= 0.3 is 0 Å². The number of fused-ring (bicyclic) bond motifs is 1. The Kier molecular flexibility index (Phi) is 3.42. The molecule has 0 aliphatic carbocycles. The molecule has 1 N–H and O–H groups in total. The average molecular weight is 315 g/mol. The molecule has 0 aliphatic heterocycles. The SMILES string of the molecule is CS(=O)(=O)c1ccccc1NC(=O)c1ncc2ccccn12. The minimum Gasteiger partial charge on any atom is -0.318 e. The average Bonchev–Trinajstić information content (AvgIpc) is 2.90. The summed E-state index contributed by atoms with van der Waals surface area (Å²) in [6.07, 6.45) is 4.40. The van der Waals surface area contributed by atoms with Crippen LogP contribution in [0.2, 0.25) is 0 Å². The van der Waals surface area contributed by atoms with Gasteiger partial charge < -0.3 is 5.32 Å². The van der Waals surface area contributed by atoms with Gasteiger partial charge in [0.15, 0.2) is 9.84 Å².